The predicted molar refractivity (Wildman–Crippen MR) is 283 cm³/mol. The maximum atomic E-state index is 12.1. The van der Waals surface area contributed by atoms with Crippen molar-refractivity contribution in [2.24, 2.45) is 11.8 Å². The Kier molecular flexibility index (Phi) is 18.7. The molecule has 0 saturated carbocycles. The Morgan fingerprint density at radius 3 is 0.975 bits per heavy atom. The average molecular weight is 1100 g/mol. The third kappa shape index (κ3) is 12.6. The van der Waals surface area contributed by atoms with Gasteiger partial charge in [0.2, 0.25) is 5.78 Å². The molecule has 17 heteroatoms. The molecule has 0 unspecified atom stereocenters. The summed E-state index contributed by atoms with van der Waals surface area (Å²) < 4.78 is 20.6. The Hall–Kier alpha value is -9.22. The van der Waals surface area contributed by atoms with Crippen molar-refractivity contribution >= 4 is 69.4 Å². The van der Waals surface area contributed by atoms with Gasteiger partial charge in [-0.3, -0.25) is 47.9 Å². The van der Waals surface area contributed by atoms with Crippen molar-refractivity contribution in [3.63, 3.8) is 0 Å². The quantitative estimate of drug-likeness (QED) is 0.0602. The Morgan fingerprint density at radius 2 is 0.654 bits per heavy atom. The zero-order valence-electron chi connectivity index (χ0n) is 43.5. The fraction of sp³-hybridized carbons (Fsp3) is 0.156. The minimum atomic E-state index is -1.16. The number of benzene rings is 4. The summed E-state index contributed by atoms with van der Waals surface area (Å²) >= 11 is 0. The Bertz CT molecular complexity index is 3460. The number of aliphatic hydroxyl groups excluding tert-OH is 1. The second-order valence-electron chi connectivity index (χ2n) is 18.7. The molecule has 400 valence electrons. The fourth-order valence-electron chi connectivity index (χ4n) is 9.62. The van der Waals surface area contributed by atoms with Crippen molar-refractivity contribution in [3.8, 4) is 0 Å². The molecule has 0 bridgehead atoms. The van der Waals surface area contributed by atoms with E-state index in [1.165, 1.54) is 25.1 Å². The molecule has 4 aromatic heterocycles. The van der Waals surface area contributed by atoms with Crippen LogP contribution < -0.4 is 34.7 Å². The SMILES string of the molecule is O=C(CCc1ccco1)C1=C(O)c2ccccc2C1=O.O=C(CCc1ccco1)C1=C([O-])c2ccccc2C1=O.O=C(CCc1ccco1)C1C(=O)c2ccccc2C1=O.O=C(CCc1ccco1)C1C(=O)c2ccccc2C1=O.[Na+]. The largest absolute Gasteiger partial charge is 1.00 e. The minimum absolute atomic E-state index is 0. The van der Waals surface area contributed by atoms with E-state index in [1.807, 2.05) is 0 Å². The van der Waals surface area contributed by atoms with Crippen LogP contribution >= 0.6 is 0 Å². The zero-order chi connectivity index (χ0) is 56.5. The van der Waals surface area contributed by atoms with Gasteiger partial charge in [-0.15, -0.1) is 0 Å². The molecule has 0 spiro atoms. The van der Waals surface area contributed by atoms with Crippen LogP contribution in [-0.2, 0) is 44.9 Å². The van der Waals surface area contributed by atoms with Gasteiger partial charge in [0, 0.05) is 90.3 Å². The third-order valence-electron chi connectivity index (χ3n) is 13.7. The predicted octanol–water partition coefficient (Wildman–Crippen LogP) is 6.65. The van der Waals surface area contributed by atoms with Crippen LogP contribution in [-0.4, -0.2) is 62.9 Å². The van der Waals surface area contributed by atoms with Crippen LogP contribution in [0.2, 0.25) is 0 Å². The monoisotopic (exact) mass is 1090 g/mol. The molecule has 0 fully saturated rings. The maximum Gasteiger partial charge on any atom is 1.00 e. The molecule has 16 nitrogen and oxygen atoms in total. The van der Waals surface area contributed by atoms with Crippen LogP contribution in [0.3, 0.4) is 0 Å². The molecule has 12 rings (SSSR count). The number of fused-ring (bicyclic) bond motifs is 4. The van der Waals surface area contributed by atoms with Crippen LogP contribution in [0.25, 0.3) is 11.5 Å². The van der Waals surface area contributed by atoms with Gasteiger partial charge < -0.3 is 27.9 Å². The first-order valence-electron chi connectivity index (χ1n) is 25.4. The number of carbonyl (C=O) groups excluding carboxylic acids is 10. The van der Waals surface area contributed by atoms with Crippen LogP contribution in [0.15, 0.2) is 199 Å². The molecule has 0 atom stereocenters. The summed E-state index contributed by atoms with van der Waals surface area (Å²) in [7, 11) is 0. The van der Waals surface area contributed by atoms with Gasteiger partial charge >= 0.3 is 29.6 Å². The van der Waals surface area contributed by atoms with Gasteiger partial charge in [-0.05, 0) is 54.1 Å². The van der Waals surface area contributed by atoms with Gasteiger partial charge in [0.1, 0.15) is 46.2 Å². The topological polar surface area (TPSA) is 267 Å². The Balaban J connectivity index is 0.000000141. The molecule has 4 aliphatic rings. The van der Waals surface area contributed by atoms with Gasteiger partial charge in [-0.2, -0.15) is 0 Å². The van der Waals surface area contributed by atoms with E-state index in [-0.39, 0.29) is 113 Å². The first-order chi connectivity index (χ1) is 38.7. The first kappa shape index (κ1) is 57.9. The second-order valence-corrected chi connectivity index (χ2v) is 18.7. The molecule has 81 heavy (non-hydrogen) atoms. The molecule has 4 heterocycles. The normalized spacial score (nSPS) is 14.0. The summed E-state index contributed by atoms with van der Waals surface area (Å²) in [6.07, 6.45) is 8.19. The number of carbonyl (C=O) groups is 10. The van der Waals surface area contributed by atoms with Crippen molar-refractivity contribution in [1.82, 2.24) is 0 Å². The third-order valence-corrected chi connectivity index (χ3v) is 13.7. The first-order valence-corrected chi connectivity index (χ1v) is 25.4. The van der Waals surface area contributed by atoms with E-state index in [0.717, 1.165) is 0 Å². The molecule has 4 aromatic carbocycles. The molecule has 0 radical (unpaired) electrons. The molecule has 0 aliphatic heterocycles. The molecule has 1 N–H and O–H groups in total. The van der Waals surface area contributed by atoms with E-state index < -0.39 is 34.9 Å². The molecule has 0 amide bonds. The summed E-state index contributed by atoms with van der Waals surface area (Å²) in [5.74, 6) is -4.16. The average Bonchev–Trinajstić information content (AvgIpc) is 4.38. The maximum absolute atomic E-state index is 12.1. The Morgan fingerprint density at radius 1 is 0.370 bits per heavy atom. The van der Waals surface area contributed by atoms with Gasteiger partial charge in [-0.1, -0.05) is 103 Å². The molecular weight excluding hydrogens is 1050 g/mol. The van der Waals surface area contributed by atoms with Gasteiger partial charge in [0.05, 0.1) is 30.6 Å². The Labute approximate surface area is 484 Å². The smallest absolute Gasteiger partial charge is 0.871 e. The number of allylic oxidation sites excluding steroid dienone is 2. The van der Waals surface area contributed by atoms with Crippen LogP contribution in [0, 0.1) is 11.8 Å². The second kappa shape index (κ2) is 26.2. The van der Waals surface area contributed by atoms with Crippen molar-refractivity contribution in [3.05, 3.63) is 249 Å². The number of hydrogen-bond donors (Lipinski definition) is 1. The van der Waals surface area contributed by atoms with Gasteiger partial charge in [-0.25, -0.2) is 0 Å². The summed E-state index contributed by atoms with van der Waals surface area (Å²) in [5, 5.41) is 22.2. The number of ketones is 10. The molecule has 4 aliphatic carbocycles. The van der Waals surface area contributed by atoms with Gasteiger partial charge in [0.25, 0.3) is 0 Å². The molecular formula is C64H47NaO16. The number of hydrogen-bond acceptors (Lipinski definition) is 16. The van der Waals surface area contributed by atoms with E-state index in [0.29, 0.717) is 93.2 Å². The van der Waals surface area contributed by atoms with E-state index in [9.17, 15) is 58.2 Å². The zero-order valence-corrected chi connectivity index (χ0v) is 45.5. The number of aryl methyl sites for hydroxylation is 4. The minimum Gasteiger partial charge on any atom is -0.871 e. The van der Waals surface area contributed by atoms with Crippen LogP contribution in [0.1, 0.15) is 122 Å². The standard InChI is InChI=1S/4C16H12O4.Na/c4*17-13(8-7-10-4-3-9-20-10)14-15(18)11-5-1-2-6-12(11)16(14)19;/h2*1-6,9,18H,7-8H2;2*1-6,9,14H,7-8H2;/q;;;;+1/p-1. The van der Waals surface area contributed by atoms with Crippen LogP contribution in [0.4, 0.5) is 0 Å². The van der Waals surface area contributed by atoms with E-state index in [2.05, 4.69) is 0 Å². The van der Waals surface area contributed by atoms with Crippen molar-refractivity contribution in [1.29, 1.82) is 0 Å². The van der Waals surface area contributed by atoms with Crippen molar-refractivity contribution < 1.29 is 105 Å². The molecule has 8 aromatic rings. The molecule has 0 saturated heterocycles. The summed E-state index contributed by atoms with van der Waals surface area (Å²) in [5.41, 5.74) is 2.53. The summed E-state index contributed by atoms with van der Waals surface area (Å²) in [6, 6.07) is 40.3. The van der Waals surface area contributed by atoms with Gasteiger partial charge in [0.15, 0.2) is 52.0 Å². The summed E-state index contributed by atoms with van der Waals surface area (Å²) in [6.45, 7) is 0. The number of furan rings is 4. The van der Waals surface area contributed by atoms with E-state index >= 15 is 0 Å². The van der Waals surface area contributed by atoms with E-state index in [1.54, 1.807) is 146 Å². The van der Waals surface area contributed by atoms with Crippen LogP contribution in [0.5, 0.6) is 0 Å². The summed E-state index contributed by atoms with van der Waals surface area (Å²) in [4.78, 5) is 121. The fourth-order valence-corrected chi connectivity index (χ4v) is 9.62. The number of aliphatic hydroxyl groups is 1. The van der Waals surface area contributed by atoms with E-state index in [4.69, 9.17) is 17.7 Å². The number of Topliss-reactive ketones (excluding diaryl/α,β-unsaturated/α-hetero) is 10. The van der Waals surface area contributed by atoms with Crippen molar-refractivity contribution in [2.75, 3.05) is 0 Å². The number of rotatable bonds is 16. The van der Waals surface area contributed by atoms with Crippen molar-refractivity contribution in [2.45, 2.75) is 51.4 Å².